The molecule has 0 atom stereocenters. The molecule has 0 N–H and O–H groups in total. The van der Waals surface area contributed by atoms with E-state index in [1.54, 1.807) is 30.6 Å². The van der Waals surface area contributed by atoms with Crippen molar-refractivity contribution in [3.63, 3.8) is 0 Å². The molecule has 0 spiro atoms. The van der Waals surface area contributed by atoms with E-state index in [0.717, 1.165) is 0 Å². The van der Waals surface area contributed by atoms with Crippen LogP contribution in [-0.4, -0.2) is 78.1 Å². The number of thiophene rings is 4. The van der Waals surface area contributed by atoms with Gasteiger partial charge in [-0.15, -0.1) is 0 Å². The number of unbranched alkanes of at least 4 members (excludes halogenated alkanes) is 12. The molecule has 5 heterocycles. The van der Waals surface area contributed by atoms with E-state index in [1.165, 1.54) is 224 Å². The fourth-order valence-electron chi connectivity index (χ4n) is 14.5. The van der Waals surface area contributed by atoms with Crippen molar-refractivity contribution in [3.05, 3.63) is 78.9 Å². The summed E-state index contributed by atoms with van der Waals surface area (Å²) >= 11 is -2.07. The van der Waals surface area contributed by atoms with E-state index in [0.29, 0.717) is 0 Å². The third-order valence-electron chi connectivity index (χ3n) is 19.8. The molecule has 6 aromatic rings. The van der Waals surface area contributed by atoms with Crippen molar-refractivity contribution in [2.75, 3.05) is 0 Å². The third-order valence-corrected chi connectivity index (χ3v) is 97.2. The second-order valence-corrected chi connectivity index (χ2v) is 87.1. The molecule has 5 aromatic heterocycles. The van der Waals surface area contributed by atoms with Gasteiger partial charge in [0.1, 0.15) is 0 Å². The second-order valence-electron chi connectivity index (χ2n) is 26.1. The summed E-state index contributed by atoms with van der Waals surface area (Å²) in [5.74, 6) is 0. The first-order chi connectivity index (χ1) is 40.6. The van der Waals surface area contributed by atoms with Gasteiger partial charge in [-0.25, -0.2) is 0 Å². The van der Waals surface area contributed by atoms with Gasteiger partial charge in [-0.1, -0.05) is 0 Å². The van der Waals surface area contributed by atoms with Gasteiger partial charge in [-0.3, -0.25) is 0 Å². The summed E-state index contributed by atoms with van der Waals surface area (Å²) in [6, 6.07) is 34.0. The Morgan fingerprint density at radius 2 is 0.458 bits per heavy atom. The van der Waals surface area contributed by atoms with Crippen molar-refractivity contribution in [2.45, 2.75) is 290 Å². The minimum atomic E-state index is -2.84. The molecular weight excluding hydrogens is 1510 g/mol. The maximum atomic E-state index is 2.93. The van der Waals surface area contributed by atoms with Gasteiger partial charge >= 0.3 is 552 Å². The molecule has 0 aliphatic rings. The average Bonchev–Trinajstić information content (AvgIpc) is 2.09. The van der Waals surface area contributed by atoms with Gasteiger partial charge < -0.3 is 0 Å². The van der Waals surface area contributed by atoms with Crippen molar-refractivity contribution in [2.24, 2.45) is 0 Å². The van der Waals surface area contributed by atoms with E-state index in [-0.39, 0.29) is 0 Å². The fraction of sp³-hybridized carbons (Fsp3) is 0.649. The molecule has 1 nitrogen and oxygen atoms in total. The number of para-hydroxylation sites is 1. The van der Waals surface area contributed by atoms with E-state index in [4.69, 9.17) is 0 Å². The molecule has 0 saturated carbocycles. The predicted octanol–water partition coefficient (Wildman–Crippen LogP) is 25.6. The van der Waals surface area contributed by atoms with E-state index in [2.05, 4.69) is 212 Å². The zero-order valence-electron chi connectivity index (χ0n) is 55.5. The number of nitrogens with zero attached hydrogens (tertiary/aromatic N) is 1. The Kier molecular flexibility index (Phi) is 33.5. The molecule has 0 saturated heterocycles. The standard InChI is InChI=1S/C26H13NS4.12C4H9.4Sn/c1-2-8-18(9-3-1)27-25(21-12-6-16-30-21)23(19-10-4-14-28-19)24(20-11-5-15-29-20)26(27)22-13-7-17-31-22;12*1-3-4-2;;;;/h1-13H;12*1,3-4H2,2H3;;;;. The van der Waals surface area contributed by atoms with Crippen molar-refractivity contribution < 1.29 is 0 Å². The Balaban J connectivity index is 1.87. The zero-order chi connectivity index (χ0) is 59.6. The van der Waals surface area contributed by atoms with Crippen molar-refractivity contribution >= 4 is 130 Å². The Morgan fingerprint density at radius 3 is 0.675 bits per heavy atom. The van der Waals surface area contributed by atoms with Crippen molar-refractivity contribution in [1.29, 1.82) is 0 Å². The van der Waals surface area contributed by atoms with Gasteiger partial charge in [0.25, 0.3) is 0 Å². The van der Waals surface area contributed by atoms with Gasteiger partial charge in [0.2, 0.25) is 0 Å². The Morgan fingerprint density at radius 1 is 0.253 bits per heavy atom. The maximum absolute atomic E-state index is 2.93. The number of hydrogen-bond donors (Lipinski definition) is 0. The summed E-state index contributed by atoms with van der Waals surface area (Å²) in [5, 5.41) is 0. The van der Waals surface area contributed by atoms with E-state index in [9.17, 15) is 0 Å². The van der Waals surface area contributed by atoms with Crippen LogP contribution in [-0.2, 0) is 0 Å². The van der Waals surface area contributed by atoms with Gasteiger partial charge in [-0.2, -0.15) is 0 Å². The molecule has 0 radical (unpaired) electrons. The van der Waals surface area contributed by atoms with Gasteiger partial charge in [0.05, 0.1) is 0 Å². The van der Waals surface area contributed by atoms with Crippen LogP contribution in [0.2, 0.25) is 53.2 Å². The summed E-state index contributed by atoms with van der Waals surface area (Å²) in [6.07, 6.45) is 32.7. The molecule has 0 fully saturated rings. The molecule has 1 aromatic carbocycles. The van der Waals surface area contributed by atoms with Crippen LogP contribution in [0, 0.1) is 0 Å². The number of rotatable bonds is 45. The number of benzene rings is 1. The van der Waals surface area contributed by atoms with Gasteiger partial charge in [-0.05, 0) is 0 Å². The monoisotopic (exact) mass is 1630 g/mol. The average molecular weight is 1630 g/mol. The second kappa shape index (κ2) is 38.4. The summed E-state index contributed by atoms with van der Waals surface area (Å²) in [6.45, 7) is 29.5. The van der Waals surface area contributed by atoms with Crippen LogP contribution in [0.25, 0.3) is 47.7 Å². The normalized spacial score (nSPS) is 12.6. The topological polar surface area (TPSA) is 4.93 Å². The molecule has 0 bridgehead atoms. The van der Waals surface area contributed by atoms with E-state index < -0.39 is 73.5 Å². The summed E-state index contributed by atoms with van der Waals surface area (Å²) in [4.78, 5) is 6.24. The number of aromatic nitrogens is 1. The summed E-state index contributed by atoms with van der Waals surface area (Å²) < 4.78 is 28.7. The summed E-state index contributed by atoms with van der Waals surface area (Å²) in [7, 11) is 0. The van der Waals surface area contributed by atoms with Gasteiger partial charge in [0.15, 0.2) is 0 Å². The van der Waals surface area contributed by atoms with E-state index >= 15 is 0 Å². The van der Waals surface area contributed by atoms with Crippen LogP contribution in [0.3, 0.4) is 0 Å². The number of hydrogen-bond acceptors (Lipinski definition) is 4. The molecule has 0 amide bonds. The molecule has 83 heavy (non-hydrogen) atoms. The summed E-state index contributed by atoms with van der Waals surface area (Å²) in [5.41, 5.74) is 7.56. The Labute approximate surface area is 545 Å². The van der Waals surface area contributed by atoms with Crippen LogP contribution in [0.5, 0.6) is 0 Å². The van der Waals surface area contributed by atoms with Gasteiger partial charge in [0, 0.05) is 0 Å². The minimum absolute atomic E-state index is 1.32. The molecular formula is C74H121NS4Sn4. The first kappa shape index (κ1) is 72.6. The van der Waals surface area contributed by atoms with E-state index in [1.807, 2.05) is 11.6 Å². The van der Waals surface area contributed by atoms with Crippen LogP contribution < -0.4 is 11.6 Å². The SMILES string of the molecule is CCC[CH2][Sn]([CH2]CCC)([CH2]CCC)[c]1ccc(-c2c(-c3cc[c]([Sn]([CH2]CCC)([CH2]CCC)[CH2]CCC)s3)c(-c3cc[c]([Sn]([CH2]CCC)([CH2]CCC)[CH2]CCC)s3)n(-c3ccccc3)c2-c2cc[c]([Sn]([CH2]CCC)([CH2]CCC)[CH2]CCC)s2)s1. The molecule has 0 unspecified atom stereocenters. The quantitative estimate of drug-likeness (QED) is 0.0336. The van der Waals surface area contributed by atoms with Crippen LogP contribution in [0.4, 0.5) is 0 Å². The Bertz CT molecular complexity index is 2450. The van der Waals surface area contributed by atoms with Crippen molar-refractivity contribution in [3.8, 4) is 47.7 Å². The zero-order valence-corrected chi connectivity index (χ0v) is 70.2. The molecule has 6 rings (SSSR count). The van der Waals surface area contributed by atoms with Crippen LogP contribution in [0.1, 0.15) is 237 Å². The van der Waals surface area contributed by atoms with Crippen molar-refractivity contribution in [1.82, 2.24) is 4.57 Å². The molecule has 0 aliphatic heterocycles. The molecule has 9 heteroatoms. The first-order valence-electron chi connectivity index (χ1n) is 35.3. The predicted molar refractivity (Wildman–Crippen MR) is 397 cm³/mol. The Hall–Kier alpha value is 0.495. The first-order valence-corrected chi connectivity index (χ1v) is 68.5. The van der Waals surface area contributed by atoms with Crippen LogP contribution >= 0.6 is 45.3 Å². The molecule has 462 valence electrons. The third kappa shape index (κ3) is 18.8. The fourth-order valence-corrected chi connectivity index (χ4v) is 95.3. The van der Waals surface area contributed by atoms with Crippen LogP contribution in [0.15, 0.2) is 78.9 Å². The molecule has 0 aliphatic carbocycles.